The van der Waals surface area contributed by atoms with E-state index in [2.05, 4.69) is 47.7 Å². The van der Waals surface area contributed by atoms with E-state index in [-0.39, 0.29) is 41.9 Å². The molecule has 1 N–H and O–H groups in total. The maximum absolute atomic E-state index is 13.4. The third kappa shape index (κ3) is 9.36. The number of carbonyl (C=O) groups is 2. The molecule has 7 atom stereocenters. The molecule has 2 amide bonds. The largest absolute Gasteiger partial charge is 0.447 e. The molecule has 1 aromatic carbocycles. The van der Waals surface area contributed by atoms with Crippen molar-refractivity contribution < 1.29 is 33.3 Å². The second kappa shape index (κ2) is 15.3. The first-order valence-corrected chi connectivity index (χ1v) is 18.7. The minimum atomic E-state index is -1.92. The first-order chi connectivity index (χ1) is 19.7. The average Bonchev–Trinajstić information content (AvgIpc) is 3.32. The summed E-state index contributed by atoms with van der Waals surface area (Å²) in [7, 11) is -1.92. The van der Waals surface area contributed by atoms with Crippen LogP contribution in [0.25, 0.3) is 0 Å². The minimum Gasteiger partial charge on any atom is -0.447 e. The molecule has 2 fully saturated rings. The normalized spacial score (nSPS) is 23.6. The summed E-state index contributed by atoms with van der Waals surface area (Å²) in [5.74, 6) is -0.887. The molecule has 238 valence electrons. The Labute approximate surface area is 254 Å². The van der Waals surface area contributed by atoms with Crippen LogP contribution in [0.2, 0.25) is 18.1 Å². The summed E-state index contributed by atoms with van der Waals surface area (Å²) in [5, 5.41) is 11.2. The Bertz CT molecular complexity index is 992. The molecule has 2 heterocycles. The molecule has 9 heteroatoms. The van der Waals surface area contributed by atoms with Crippen LogP contribution in [0.1, 0.15) is 79.2 Å². The van der Waals surface area contributed by atoms with Gasteiger partial charge in [0.05, 0.1) is 24.2 Å². The summed E-state index contributed by atoms with van der Waals surface area (Å²) in [6.45, 7) is 18.7. The van der Waals surface area contributed by atoms with E-state index >= 15 is 0 Å². The molecule has 2 saturated heterocycles. The zero-order valence-electron chi connectivity index (χ0n) is 27.1. The quantitative estimate of drug-likeness (QED) is 0.240. The van der Waals surface area contributed by atoms with Gasteiger partial charge < -0.3 is 23.7 Å². The number of carbonyl (C=O) groups excluding carboxylic acids is 2. The van der Waals surface area contributed by atoms with Crippen LogP contribution in [0.15, 0.2) is 30.3 Å². The van der Waals surface area contributed by atoms with Crippen molar-refractivity contribution in [3.8, 4) is 0 Å². The van der Waals surface area contributed by atoms with Gasteiger partial charge in [-0.05, 0) is 68.1 Å². The molecule has 0 radical (unpaired) electrons. The highest BCUT2D eigenvalue weighted by Crippen LogP contribution is 2.37. The van der Waals surface area contributed by atoms with Crippen LogP contribution in [-0.4, -0.2) is 74.7 Å². The van der Waals surface area contributed by atoms with E-state index in [9.17, 15) is 14.7 Å². The zero-order chi connectivity index (χ0) is 31.1. The van der Waals surface area contributed by atoms with E-state index in [1.54, 1.807) is 6.92 Å². The van der Waals surface area contributed by atoms with Gasteiger partial charge in [0, 0.05) is 19.1 Å². The topological polar surface area (TPSA) is 94.5 Å². The number of imide groups is 1. The highest BCUT2D eigenvalue weighted by atomic mass is 28.4. The predicted molar refractivity (Wildman–Crippen MR) is 166 cm³/mol. The second-order valence-corrected chi connectivity index (χ2v) is 18.8. The van der Waals surface area contributed by atoms with Crippen LogP contribution in [-0.2, 0) is 29.9 Å². The zero-order valence-corrected chi connectivity index (χ0v) is 28.1. The Morgan fingerprint density at radius 1 is 1.10 bits per heavy atom. The lowest BCUT2D eigenvalue weighted by Gasteiger charge is -2.39. The lowest BCUT2D eigenvalue weighted by atomic mass is 9.87. The van der Waals surface area contributed by atoms with E-state index in [0.717, 1.165) is 24.8 Å². The van der Waals surface area contributed by atoms with Crippen LogP contribution < -0.4 is 0 Å². The summed E-state index contributed by atoms with van der Waals surface area (Å²) in [4.78, 5) is 27.1. The van der Waals surface area contributed by atoms with Crippen molar-refractivity contribution in [2.75, 3.05) is 19.8 Å². The molecule has 0 aromatic heterocycles. The van der Waals surface area contributed by atoms with Gasteiger partial charge in [-0.25, -0.2) is 9.69 Å². The van der Waals surface area contributed by atoms with Crippen molar-refractivity contribution in [1.29, 1.82) is 0 Å². The fourth-order valence-corrected chi connectivity index (χ4v) is 6.59. The predicted octanol–water partition coefficient (Wildman–Crippen LogP) is 6.56. The highest BCUT2D eigenvalue weighted by molar-refractivity contribution is 6.74. The SMILES string of the molecule is C[C@H](C(=O)N1C(=O)OC[C@@H]1Cc1ccccc1)[C@H](O)CC[C@H](C)[C@H](OC1CCCCO1)[C@@H](C)CO[Si](C)(C)C(C)(C)C. The average molecular weight is 606 g/mol. The van der Waals surface area contributed by atoms with Gasteiger partial charge in [-0.1, -0.05) is 71.9 Å². The number of hydrogen-bond donors (Lipinski definition) is 1. The van der Waals surface area contributed by atoms with Gasteiger partial charge in [-0.2, -0.15) is 0 Å². The van der Waals surface area contributed by atoms with Crippen molar-refractivity contribution in [3.63, 3.8) is 0 Å². The molecule has 1 aromatic rings. The molecule has 1 unspecified atom stereocenters. The number of hydrogen-bond acceptors (Lipinski definition) is 7. The van der Waals surface area contributed by atoms with E-state index in [1.165, 1.54) is 4.90 Å². The monoisotopic (exact) mass is 605 g/mol. The standard InChI is InChI=1S/C33H55NO7Si/c1-23(30(41-29-16-12-13-19-38-29)24(2)21-40-42(7,8)33(4,5)6)17-18-28(35)25(3)31(36)34-27(22-39-32(34)37)20-26-14-10-9-11-15-26/h9-11,14-15,23-25,27-30,35H,12-13,16-22H2,1-8H3/t23-,24-,25-,27-,28+,29?,30-/m0/s1. The second-order valence-electron chi connectivity index (χ2n) is 14.0. The van der Waals surface area contributed by atoms with Gasteiger partial charge in [0.1, 0.15) is 6.61 Å². The lowest BCUT2D eigenvalue weighted by molar-refractivity contribution is -0.210. The molecular weight excluding hydrogens is 550 g/mol. The summed E-state index contributed by atoms with van der Waals surface area (Å²) in [6, 6.07) is 9.37. The number of ether oxygens (including phenoxy) is 3. The van der Waals surface area contributed by atoms with Crippen molar-refractivity contribution >= 4 is 20.3 Å². The van der Waals surface area contributed by atoms with Crippen molar-refractivity contribution in [2.45, 2.75) is 123 Å². The van der Waals surface area contributed by atoms with Crippen LogP contribution in [0.4, 0.5) is 4.79 Å². The molecule has 42 heavy (non-hydrogen) atoms. The van der Waals surface area contributed by atoms with Gasteiger partial charge in [0.15, 0.2) is 14.6 Å². The molecule has 2 aliphatic rings. The number of nitrogens with zero attached hydrogens (tertiary/aromatic N) is 1. The molecule has 8 nitrogen and oxygen atoms in total. The van der Waals surface area contributed by atoms with Gasteiger partial charge in [0.2, 0.25) is 5.91 Å². The maximum Gasteiger partial charge on any atom is 0.416 e. The van der Waals surface area contributed by atoms with E-state index in [0.29, 0.717) is 32.5 Å². The van der Waals surface area contributed by atoms with Gasteiger partial charge in [-0.15, -0.1) is 0 Å². The van der Waals surface area contributed by atoms with Gasteiger partial charge >= 0.3 is 6.09 Å². The fraction of sp³-hybridized carbons (Fsp3) is 0.758. The Morgan fingerprint density at radius 3 is 2.40 bits per heavy atom. The number of cyclic esters (lactones) is 1. The van der Waals surface area contributed by atoms with Gasteiger partial charge in [0.25, 0.3) is 0 Å². The van der Waals surface area contributed by atoms with Crippen molar-refractivity contribution in [1.82, 2.24) is 4.90 Å². The number of aliphatic hydroxyl groups excluding tert-OH is 1. The summed E-state index contributed by atoms with van der Waals surface area (Å²) >= 11 is 0. The molecule has 0 spiro atoms. The molecule has 2 aliphatic heterocycles. The molecule has 3 rings (SSSR count). The van der Waals surface area contributed by atoms with Crippen molar-refractivity contribution in [3.05, 3.63) is 35.9 Å². The summed E-state index contributed by atoms with van der Waals surface area (Å²) in [6.07, 6.45) is 2.76. The minimum absolute atomic E-state index is 0.105. The number of amides is 2. The highest BCUT2D eigenvalue weighted by Gasteiger charge is 2.42. The third-order valence-corrected chi connectivity index (χ3v) is 14.0. The lowest BCUT2D eigenvalue weighted by Crippen LogP contribution is -2.46. The smallest absolute Gasteiger partial charge is 0.416 e. The van der Waals surface area contributed by atoms with Crippen molar-refractivity contribution in [2.24, 2.45) is 17.8 Å². The molecular formula is C33H55NO7Si. The van der Waals surface area contributed by atoms with Gasteiger partial charge in [-0.3, -0.25) is 4.79 Å². The number of benzene rings is 1. The first kappa shape index (κ1) is 34.7. The molecule has 0 bridgehead atoms. The Balaban J connectivity index is 1.61. The molecule has 0 aliphatic carbocycles. The van der Waals surface area contributed by atoms with E-state index < -0.39 is 32.3 Å². The van der Waals surface area contributed by atoms with E-state index in [4.69, 9.17) is 18.6 Å². The van der Waals surface area contributed by atoms with Crippen LogP contribution in [0.3, 0.4) is 0 Å². The number of aliphatic hydroxyl groups is 1. The van der Waals surface area contributed by atoms with Crippen LogP contribution in [0, 0.1) is 17.8 Å². The van der Waals surface area contributed by atoms with Crippen LogP contribution >= 0.6 is 0 Å². The summed E-state index contributed by atoms with van der Waals surface area (Å²) in [5.41, 5.74) is 1.03. The van der Waals surface area contributed by atoms with E-state index in [1.807, 2.05) is 30.3 Å². The molecule has 0 saturated carbocycles. The first-order valence-electron chi connectivity index (χ1n) is 15.8. The fourth-order valence-electron chi connectivity index (χ4n) is 5.47. The Morgan fingerprint density at radius 2 is 1.79 bits per heavy atom. The maximum atomic E-state index is 13.4. The van der Waals surface area contributed by atoms with Crippen LogP contribution in [0.5, 0.6) is 0 Å². The Kier molecular flexibility index (Phi) is 12.6. The number of rotatable bonds is 14. The Hall–Kier alpha value is -1.78. The summed E-state index contributed by atoms with van der Waals surface area (Å²) < 4.78 is 24.3. The third-order valence-electron chi connectivity index (χ3n) is 9.48.